The first kappa shape index (κ1) is 9.16. The fraction of sp³-hybridized carbons (Fsp3) is 0.125. The summed E-state index contributed by atoms with van der Waals surface area (Å²) in [5.74, 6) is -0.679. The van der Waals surface area contributed by atoms with Crippen LogP contribution in [0, 0.1) is 5.82 Å². The molecule has 0 heterocycles. The van der Waals surface area contributed by atoms with Crippen molar-refractivity contribution in [3.63, 3.8) is 0 Å². The minimum Gasteiger partial charge on any atom is -0.381 e. The van der Waals surface area contributed by atoms with E-state index in [2.05, 4.69) is 0 Å². The third-order valence-electron chi connectivity index (χ3n) is 1.41. The molecule has 0 radical (unpaired) electrons. The summed E-state index contributed by atoms with van der Waals surface area (Å²) in [4.78, 5) is 10.1. The highest BCUT2D eigenvalue weighted by molar-refractivity contribution is 6.30. The van der Waals surface area contributed by atoms with Gasteiger partial charge >= 0.3 is 0 Å². The maximum atomic E-state index is 12.9. The number of aliphatic hydroxyl groups is 1. The van der Waals surface area contributed by atoms with E-state index in [4.69, 9.17) is 16.7 Å². The molecule has 0 spiro atoms. The molecule has 1 unspecified atom stereocenters. The minimum absolute atomic E-state index is 0.0607. The summed E-state index contributed by atoms with van der Waals surface area (Å²) in [5.41, 5.74) is -0.0607. The molecule has 1 rings (SSSR count). The van der Waals surface area contributed by atoms with Gasteiger partial charge in [0.15, 0.2) is 6.29 Å². The van der Waals surface area contributed by atoms with Gasteiger partial charge < -0.3 is 9.90 Å². The molecule has 0 saturated carbocycles. The molecule has 2 nitrogen and oxygen atoms in total. The molecule has 0 bridgehead atoms. The predicted octanol–water partition coefficient (Wildman–Crippen LogP) is 1.71. The van der Waals surface area contributed by atoms with E-state index in [0.29, 0.717) is 0 Å². The largest absolute Gasteiger partial charge is 0.381 e. The second-order valence-corrected chi connectivity index (χ2v) is 2.68. The Morgan fingerprint density at radius 3 is 2.75 bits per heavy atom. The molecular weight excluding hydrogens is 183 g/mol. The van der Waals surface area contributed by atoms with Gasteiger partial charge in [0.25, 0.3) is 0 Å². The number of aldehydes is 1. The van der Waals surface area contributed by atoms with Crippen molar-refractivity contribution in [3.05, 3.63) is 34.6 Å². The van der Waals surface area contributed by atoms with Gasteiger partial charge in [-0.25, -0.2) is 4.39 Å². The molecule has 64 valence electrons. The van der Waals surface area contributed by atoms with Crippen LogP contribution in [0.2, 0.25) is 5.02 Å². The molecule has 1 aromatic rings. The number of carbonyl (C=O) groups is 1. The van der Waals surface area contributed by atoms with Crippen molar-refractivity contribution < 1.29 is 14.3 Å². The van der Waals surface area contributed by atoms with Crippen LogP contribution in [-0.2, 0) is 4.79 Å². The average Bonchev–Trinajstić information content (AvgIpc) is 2.03. The molecule has 1 N–H and O–H groups in total. The smallest absolute Gasteiger partial charge is 0.153 e. The van der Waals surface area contributed by atoms with Crippen LogP contribution in [0.4, 0.5) is 4.39 Å². The highest BCUT2D eigenvalue weighted by atomic mass is 35.5. The van der Waals surface area contributed by atoms with Crippen molar-refractivity contribution in [3.8, 4) is 0 Å². The molecule has 0 aliphatic carbocycles. The van der Waals surface area contributed by atoms with Gasteiger partial charge in [0, 0.05) is 10.6 Å². The van der Waals surface area contributed by atoms with Crippen LogP contribution in [-0.4, -0.2) is 11.4 Å². The van der Waals surface area contributed by atoms with Gasteiger partial charge in [-0.3, -0.25) is 0 Å². The molecule has 4 heteroatoms. The summed E-state index contributed by atoms with van der Waals surface area (Å²) in [5, 5.41) is 9.18. The minimum atomic E-state index is -1.41. The Labute approximate surface area is 73.6 Å². The average molecular weight is 189 g/mol. The van der Waals surface area contributed by atoms with Crippen LogP contribution in [0.25, 0.3) is 0 Å². The molecule has 1 atom stereocenters. The standard InChI is InChI=1S/C8H6ClFO2/c9-5-1-2-6(7(10)3-5)8(12)4-11/h1-4,8,12H. The van der Waals surface area contributed by atoms with Crippen LogP contribution in [0.5, 0.6) is 0 Å². The van der Waals surface area contributed by atoms with Gasteiger partial charge in [-0.15, -0.1) is 0 Å². The lowest BCUT2D eigenvalue weighted by atomic mass is 10.1. The van der Waals surface area contributed by atoms with E-state index in [1.54, 1.807) is 0 Å². The predicted molar refractivity (Wildman–Crippen MR) is 42.4 cm³/mol. The number of carbonyl (C=O) groups excluding carboxylic acids is 1. The van der Waals surface area contributed by atoms with Crippen LogP contribution >= 0.6 is 11.6 Å². The highest BCUT2D eigenvalue weighted by Gasteiger charge is 2.10. The quantitative estimate of drug-likeness (QED) is 0.718. The molecule has 0 saturated heterocycles. The van der Waals surface area contributed by atoms with Crippen molar-refractivity contribution >= 4 is 17.9 Å². The first-order valence-corrected chi connectivity index (χ1v) is 3.61. The maximum Gasteiger partial charge on any atom is 0.153 e. The molecule has 0 aromatic heterocycles. The van der Waals surface area contributed by atoms with E-state index < -0.39 is 11.9 Å². The number of benzene rings is 1. The Morgan fingerprint density at radius 2 is 2.25 bits per heavy atom. The van der Waals surface area contributed by atoms with E-state index >= 15 is 0 Å². The lowest BCUT2D eigenvalue weighted by molar-refractivity contribution is -0.115. The topological polar surface area (TPSA) is 37.3 Å². The van der Waals surface area contributed by atoms with Crippen LogP contribution < -0.4 is 0 Å². The van der Waals surface area contributed by atoms with E-state index in [0.717, 1.165) is 6.07 Å². The van der Waals surface area contributed by atoms with Gasteiger partial charge in [-0.1, -0.05) is 17.7 Å². The molecule has 0 amide bonds. The summed E-state index contributed by atoms with van der Waals surface area (Å²) in [6.07, 6.45) is -1.16. The fourth-order valence-electron chi connectivity index (χ4n) is 0.815. The first-order valence-electron chi connectivity index (χ1n) is 3.23. The summed E-state index contributed by atoms with van der Waals surface area (Å²) in [6, 6.07) is 3.73. The van der Waals surface area contributed by atoms with Gasteiger partial charge in [0.1, 0.15) is 11.9 Å². The Kier molecular flexibility index (Phi) is 2.78. The first-order chi connectivity index (χ1) is 5.65. The van der Waals surface area contributed by atoms with Crippen LogP contribution in [0.3, 0.4) is 0 Å². The van der Waals surface area contributed by atoms with Gasteiger partial charge in [0.05, 0.1) is 0 Å². The second kappa shape index (κ2) is 3.65. The third kappa shape index (κ3) is 1.81. The summed E-state index contributed by atoms with van der Waals surface area (Å²) >= 11 is 5.45. The fourth-order valence-corrected chi connectivity index (χ4v) is 0.973. The second-order valence-electron chi connectivity index (χ2n) is 2.25. The molecule has 1 aromatic carbocycles. The Balaban J connectivity index is 3.09. The van der Waals surface area contributed by atoms with E-state index in [9.17, 15) is 9.18 Å². The molecular formula is C8H6ClFO2. The van der Waals surface area contributed by atoms with Crippen molar-refractivity contribution in [2.24, 2.45) is 0 Å². The van der Waals surface area contributed by atoms with E-state index in [-0.39, 0.29) is 16.9 Å². The van der Waals surface area contributed by atoms with Crippen LogP contribution in [0.15, 0.2) is 18.2 Å². The SMILES string of the molecule is O=CC(O)c1ccc(Cl)cc1F. The summed E-state index contributed by atoms with van der Waals surface area (Å²) < 4.78 is 12.9. The normalized spacial score (nSPS) is 12.6. The number of hydrogen-bond acceptors (Lipinski definition) is 2. The number of hydrogen-bond donors (Lipinski definition) is 1. The lowest BCUT2D eigenvalue weighted by Crippen LogP contribution is -2.00. The van der Waals surface area contributed by atoms with Gasteiger partial charge in [0.2, 0.25) is 0 Å². The van der Waals surface area contributed by atoms with Gasteiger partial charge in [-0.2, -0.15) is 0 Å². The van der Waals surface area contributed by atoms with E-state index in [1.165, 1.54) is 12.1 Å². The van der Waals surface area contributed by atoms with Crippen molar-refractivity contribution in [1.82, 2.24) is 0 Å². The number of rotatable bonds is 2. The molecule has 0 aliphatic heterocycles. The van der Waals surface area contributed by atoms with Crippen molar-refractivity contribution in [1.29, 1.82) is 0 Å². The Bertz CT molecular complexity index is 301. The Hall–Kier alpha value is -0.930. The van der Waals surface area contributed by atoms with Crippen LogP contribution in [0.1, 0.15) is 11.7 Å². The maximum absolute atomic E-state index is 12.9. The highest BCUT2D eigenvalue weighted by Crippen LogP contribution is 2.19. The summed E-state index contributed by atoms with van der Waals surface area (Å²) in [6.45, 7) is 0. The number of aliphatic hydroxyl groups excluding tert-OH is 1. The van der Waals surface area contributed by atoms with Crippen molar-refractivity contribution in [2.75, 3.05) is 0 Å². The summed E-state index contributed by atoms with van der Waals surface area (Å²) in [7, 11) is 0. The van der Waals surface area contributed by atoms with Gasteiger partial charge in [-0.05, 0) is 12.1 Å². The Morgan fingerprint density at radius 1 is 1.58 bits per heavy atom. The lowest BCUT2D eigenvalue weighted by Gasteiger charge is -2.04. The molecule has 0 aliphatic rings. The number of halogens is 2. The molecule has 12 heavy (non-hydrogen) atoms. The molecule has 0 fully saturated rings. The zero-order valence-electron chi connectivity index (χ0n) is 6.00. The zero-order valence-corrected chi connectivity index (χ0v) is 6.75. The third-order valence-corrected chi connectivity index (χ3v) is 1.65. The van der Waals surface area contributed by atoms with Crippen molar-refractivity contribution in [2.45, 2.75) is 6.10 Å². The zero-order chi connectivity index (χ0) is 9.14. The van der Waals surface area contributed by atoms with E-state index in [1.807, 2.05) is 0 Å². The monoisotopic (exact) mass is 188 g/mol.